The summed E-state index contributed by atoms with van der Waals surface area (Å²) in [5, 5.41) is 3.77. The van der Waals surface area contributed by atoms with Gasteiger partial charge in [-0.15, -0.1) is 0 Å². The molecule has 1 atom stereocenters. The van der Waals surface area contributed by atoms with Crippen molar-refractivity contribution in [2.75, 3.05) is 13.1 Å². The van der Waals surface area contributed by atoms with Crippen LogP contribution >= 0.6 is 15.9 Å². The molecule has 1 aromatic rings. The summed E-state index contributed by atoms with van der Waals surface area (Å²) in [5.41, 5.74) is 1.49. The molecule has 3 rings (SSSR count). The molecule has 0 aromatic heterocycles. The quantitative estimate of drug-likeness (QED) is 0.884. The van der Waals surface area contributed by atoms with Crippen LogP contribution in [0.1, 0.15) is 39.2 Å². The molecule has 1 saturated carbocycles. The molecule has 1 aliphatic heterocycles. The standard InChI is InChI=1S/C17H24BrFN2/c1-16(2)10-20-17(3,13-5-6-13)11-21(16)9-12-4-7-14(19)8-15(12)18/h4,7-8,13,20H,5-6,9-11H2,1-3H3. The van der Waals surface area contributed by atoms with Gasteiger partial charge in [-0.2, -0.15) is 0 Å². The van der Waals surface area contributed by atoms with Crippen molar-refractivity contribution in [1.82, 2.24) is 10.2 Å². The lowest BCUT2D eigenvalue weighted by Gasteiger charge is -2.51. The molecule has 1 aromatic carbocycles. The Balaban J connectivity index is 1.80. The highest BCUT2D eigenvalue weighted by Crippen LogP contribution is 2.43. The molecular formula is C17H24BrFN2. The second-order valence-corrected chi connectivity index (χ2v) is 8.30. The average molecular weight is 355 g/mol. The van der Waals surface area contributed by atoms with Gasteiger partial charge in [-0.1, -0.05) is 22.0 Å². The topological polar surface area (TPSA) is 15.3 Å². The van der Waals surface area contributed by atoms with Gasteiger partial charge in [0.1, 0.15) is 5.82 Å². The SMILES string of the molecule is CC1(C2CC2)CN(Cc2ccc(F)cc2Br)C(C)(C)CN1. The number of halogens is 2. The minimum atomic E-state index is -0.187. The molecule has 2 aliphatic rings. The molecule has 0 radical (unpaired) electrons. The van der Waals surface area contributed by atoms with E-state index in [2.05, 4.69) is 46.9 Å². The summed E-state index contributed by atoms with van der Waals surface area (Å²) in [6.45, 7) is 9.82. The van der Waals surface area contributed by atoms with Gasteiger partial charge >= 0.3 is 0 Å². The Labute approximate surface area is 135 Å². The van der Waals surface area contributed by atoms with Gasteiger partial charge < -0.3 is 5.32 Å². The van der Waals surface area contributed by atoms with Gasteiger partial charge in [0, 0.05) is 35.2 Å². The Morgan fingerprint density at radius 1 is 1.33 bits per heavy atom. The summed E-state index contributed by atoms with van der Waals surface area (Å²) in [5.74, 6) is 0.626. The minimum Gasteiger partial charge on any atom is -0.308 e. The summed E-state index contributed by atoms with van der Waals surface area (Å²) < 4.78 is 14.1. The largest absolute Gasteiger partial charge is 0.308 e. The van der Waals surface area contributed by atoms with E-state index in [1.165, 1.54) is 12.8 Å². The lowest BCUT2D eigenvalue weighted by Crippen LogP contribution is -2.67. The van der Waals surface area contributed by atoms with Crippen LogP contribution in [-0.2, 0) is 6.54 Å². The van der Waals surface area contributed by atoms with Crippen LogP contribution < -0.4 is 5.32 Å². The van der Waals surface area contributed by atoms with E-state index in [-0.39, 0.29) is 16.9 Å². The fourth-order valence-electron chi connectivity index (χ4n) is 3.32. The second-order valence-electron chi connectivity index (χ2n) is 7.45. The number of hydrogen-bond donors (Lipinski definition) is 1. The molecule has 1 aliphatic carbocycles. The van der Waals surface area contributed by atoms with E-state index in [1.807, 2.05) is 6.07 Å². The fraction of sp³-hybridized carbons (Fsp3) is 0.647. The van der Waals surface area contributed by atoms with E-state index in [0.29, 0.717) is 0 Å². The molecule has 0 spiro atoms. The van der Waals surface area contributed by atoms with Crippen molar-refractivity contribution < 1.29 is 4.39 Å². The molecule has 4 heteroatoms. The maximum atomic E-state index is 13.3. The molecule has 1 N–H and O–H groups in total. The number of nitrogens with one attached hydrogen (secondary N) is 1. The predicted octanol–water partition coefficient (Wildman–Crippen LogP) is 3.94. The summed E-state index contributed by atoms with van der Waals surface area (Å²) in [7, 11) is 0. The molecule has 116 valence electrons. The smallest absolute Gasteiger partial charge is 0.124 e. The maximum absolute atomic E-state index is 13.3. The van der Waals surface area contributed by atoms with Crippen molar-refractivity contribution in [3.63, 3.8) is 0 Å². The van der Waals surface area contributed by atoms with Crippen molar-refractivity contribution >= 4 is 15.9 Å². The van der Waals surface area contributed by atoms with Crippen LogP contribution in [0.2, 0.25) is 0 Å². The molecule has 1 saturated heterocycles. The third kappa shape index (κ3) is 3.17. The number of hydrogen-bond acceptors (Lipinski definition) is 2. The normalized spacial score (nSPS) is 29.6. The Kier molecular flexibility index (Phi) is 3.92. The van der Waals surface area contributed by atoms with Crippen molar-refractivity contribution in [2.24, 2.45) is 5.92 Å². The second kappa shape index (κ2) is 5.32. The monoisotopic (exact) mass is 354 g/mol. The van der Waals surface area contributed by atoms with Crippen LogP contribution in [0.25, 0.3) is 0 Å². The molecule has 21 heavy (non-hydrogen) atoms. The number of piperazine rings is 1. The van der Waals surface area contributed by atoms with Gasteiger partial charge in [0.15, 0.2) is 0 Å². The van der Waals surface area contributed by atoms with Crippen LogP contribution in [0.4, 0.5) is 4.39 Å². The van der Waals surface area contributed by atoms with Gasteiger partial charge in [-0.25, -0.2) is 4.39 Å². The average Bonchev–Trinajstić information content (AvgIpc) is 3.22. The molecule has 1 heterocycles. The number of benzene rings is 1. The van der Waals surface area contributed by atoms with Crippen molar-refractivity contribution in [3.8, 4) is 0 Å². The highest BCUT2D eigenvalue weighted by Gasteiger charge is 2.48. The molecule has 2 nitrogen and oxygen atoms in total. The zero-order chi connectivity index (χ0) is 15.3. The summed E-state index contributed by atoms with van der Waals surface area (Å²) >= 11 is 3.50. The Hall–Kier alpha value is -0.450. The van der Waals surface area contributed by atoms with Crippen molar-refractivity contribution in [3.05, 3.63) is 34.1 Å². The van der Waals surface area contributed by atoms with Gasteiger partial charge in [-0.05, 0) is 57.2 Å². The molecule has 0 bridgehead atoms. The lowest BCUT2D eigenvalue weighted by atomic mass is 9.86. The molecule has 0 amide bonds. The first kappa shape index (κ1) is 15.4. The summed E-state index contributed by atoms with van der Waals surface area (Å²) in [6.07, 6.45) is 2.69. The van der Waals surface area contributed by atoms with E-state index < -0.39 is 0 Å². The molecular weight excluding hydrogens is 331 g/mol. The zero-order valence-electron chi connectivity index (χ0n) is 13.0. The highest BCUT2D eigenvalue weighted by atomic mass is 79.9. The Bertz CT molecular complexity index is 542. The summed E-state index contributed by atoms with van der Waals surface area (Å²) in [4.78, 5) is 2.54. The van der Waals surface area contributed by atoms with Crippen molar-refractivity contribution in [1.29, 1.82) is 0 Å². The van der Waals surface area contributed by atoms with Gasteiger partial charge in [0.05, 0.1) is 0 Å². The van der Waals surface area contributed by atoms with Crippen LogP contribution in [0.5, 0.6) is 0 Å². The first-order valence-corrected chi connectivity index (χ1v) is 8.53. The van der Waals surface area contributed by atoms with Crippen LogP contribution in [0.3, 0.4) is 0 Å². The van der Waals surface area contributed by atoms with Gasteiger partial charge in [0.2, 0.25) is 0 Å². The number of nitrogens with zero attached hydrogens (tertiary/aromatic N) is 1. The minimum absolute atomic E-state index is 0.113. The zero-order valence-corrected chi connectivity index (χ0v) is 14.6. The van der Waals surface area contributed by atoms with Crippen LogP contribution in [-0.4, -0.2) is 29.1 Å². The first-order valence-electron chi connectivity index (χ1n) is 7.74. The number of rotatable bonds is 3. The Morgan fingerprint density at radius 2 is 2.05 bits per heavy atom. The Morgan fingerprint density at radius 3 is 2.67 bits per heavy atom. The predicted molar refractivity (Wildman–Crippen MR) is 87.7 cm³/mol. The van der Waals surface area contributed by atoms with Gasteiger partial charge in [0.25, 0.3) is 0 Å². The van der Waals surface area contributed by atoms with Crippen LogP contribution in [0, 0.1) is 11.7 Å². The van der Waals surface area contributed by atoms with E-state index in [4.69, 9.17) is 0 Å². The maximum Gasteiger partial charge on any atom is 0.124 e. The highest BCUT2D eigenvalue weighted by molar-refractivity contribution is 9.10. The molecule has 2 fully saturated rings. The van der Waals surface area contributed by atoms with E-state index in [0.717, 1.165) is 35.6 Å². The third-order valence-corrected chi connectivity index (χ3v) is 5.89. The van der Waals surface area contributed by atoms with E-state index in [9.17, 15) is 4.39 Å². The van der Waals surface area contributed by atoms with Gasteiger partial charge in [-0.3, -0.25) is 4.90 Å². The summed E-state index contributed by atoms with van der Waals surface area (Å²) in [6, 6.07) is 5.01. The fourth-order valence-corrected chi connectivity index (χ4v) is 3.79. The molecule has 1 unspecified atom stereocenters. The third-order valence-electron chi connectivity index (χ3n) is 5.15. The van der Waals surface area contributed by atoms with Crippen LogP contribution in [0.15, 0.2) is 22.7 Å². The lowest BCUT2D eigenvalue weighted by molar-refractivity contribution is 0.0176. The van der Waals surface area contributed by atoms with E-state index >= 15 is 0 Å². The van der Waals surface area contributed by atoms with E-state index in [1.54, 1.807) is 12.1 Å². The first-order chi connectivity index (χ1) is 9.80. The van der Waals surface area contributed by atoms with Crippen molar-refractivity contribution in [2.45, 2.75) is 51.2 Å².